The number of rotatable bonds is 5. The van der Waals surface area contributed by atoms with Crippen molar-refractivity contribution in [1.82, 2.24) is 4.90 Å². The van der Waals surface area contributed by atoms with E-state index in [4.69, 9.17) is 10.2 Å². The van der Waals surface area contributed by atoms with E-state index in [2.05, 4.69) is 0 Å². The molecular formula is C9H15NO4. The van der Waals surface area contributed by atoms with Gasteiger partial charge in [-0.25, -0.2) is 0 Å². The van der Waals surface area contributed by atoms with E-state index in [0.717, 1.165) is 6.42 Å². The molecular weight excluding hydrogens is 186 g/mol. The summed E-state index contributed by atoms with van der Waals surface area (Å²) in [5.41, 5.74) is 0. The van der Waals surface area contributed by atoms with E-state index in [1.54, 1.807) is 4.90 Å². The zero-order valence-electron chi connectivity index (χ0n) is 7.98. The molecule has 1 aliphatic rings. The Morgan fingerprint density at radius 3 is 2.71 bits per heavy atom. The summed E-state index contributed by atoms with van der Waals surface area (Å²) in [5.74, 6) is -1.53. The Kier molecular flexibility index (Phi) is 3.88. The van der Waals surface area contributed by atoms with Crippen molar-refractivity contribution >= 4 is 11.9 Å². The Labute approximate surface area is 82.3 Å². The van der Waals surface area contributed by atoms with Crippen LogP contribution >= 0.6 is 0 Å². The maximum Gasteiger partial charge on any atom is 0.308 e. The number of aliphatic hydroxyl groups is 1. The third-order valence-electron chi connectivity index (χ3n) is 2.40. The zero-order chi connectivity index (χ0) is 10.6. The van der Waals surface area contributed by atoms with E-state index >= 15 is 0 Å². The second kappa shape index (κ2) is 4.95. The number of carboxylic acid groups (broad SMARTS) is 1. The SMILES string of the molecule is O=C(O)C1CC(=O)N(CCCCO)C1. The molecule has 1 heterocycles. The molecule has 0 radical (unpaired) electrons. The van der Waals surface area contributed by atoms with Gasteiger partial charge in [-0.1, -0.05) is 0 Å². The Morgan fingerprint density at radius 2 is 2.21 bits per heavy atom. The normalized spacial score (nSPS) is 21.6. The first-order chi connectivity index (χ1) is 6.65. The van der Waals surface area contributed by atoms with Gasteiger partial charge in [-0.3, -0.25) is 9.59 Å². The van der Waals surface area contributed by atoms with Crippen LogP contribution < -0.4 is 0 Å². The minimum atomic E-state index is -0.900. The van der Waals surface area contributed by atoms with Gasteiger partial charge in [0.25, 0.3) is 0 Å². The highest BCUT2D eigenvalue weighted by Gasteiger charge is 2.33. The summed E-state index contributed by atoms with van der Waals surface area (Å²) < 4.78 is 0. The molecule has 1 unspecified atom stereocenters. The van der Waals surface area contributed by atoms with Crippen LogP contribution in [0.4, 0.5) is 0 Å². The van der Waals surface area contributed by atoms with Crippen molar-refractivity contribution in [2.75, 3.05) is 19.7 Å². The molecule has 1 amide bonds. The lowest BCUT2D eigenvalue weighted by Gasteiger charge is -2.14. The molecule has 0 saturated carbocycles. The van der Waals surface area contributed by atoms with Gasteiger partial charge in [0.1, 0.15) is 0 Å². The molecule has 5 nitrogen and oxygen atoms in total. The van der Waals surface area contributed by atoms with Gasteiger partial charge in [-0.05, 0) is 12.8 Å². The van der Waals surface area contributed by atoms with Crippen LogP contribution in [0, 0.1) is 5.92 Å². The lowest BCUT2D eigenvalue weighted by Crippen LogP contribution is -2.27. The van der Waals surface area contributed by atoms with Crippen LogP contribution in [0.5, 0.6) is 0 Å². The summed E-state index contributed by atoms with van der Waals surface area (Å²) >= 11 is 0. The molecule has 5 heteroatoms. The van der Waals surface area contributed by atoms with Crippen LogP contribution in [-0.2, 0) is 9.59 Å². The summed E-state index contributed by atoms with van der Waals surface area (Å²) in [5, 5.41) is 17.3. The van der Waals surface area contributed by atoms with E-state index < -0.39 is 11.9 Å². The number of carbonyl (C=O) groups is 2. The van der Waals surface area contributed by atoms with Gasteiger partial charge in [0.15, 0.2) is 0 Å². The summed E-state index contributed by atoms with van der Waals surface area (Å²) in [6.07, 6.45) is 1.50. The van der Waals surface area contributed by atoms with Gasteiger partial charge < -0.3 is 15.1 Å². The number of aliphatic hydroxyl groups excluding tert-OH is 1. The summed E-state index contributed by atoms with van der Waals surface area (Å²) in [4.78, 5) is 23.5. The smallest absolute Gasteiger partial charge is 0.308 e. The van der Waals surface area contributed by atoms with Crippen molar-refractivity contribution in [3.63, 3.8) is 0 Å². The van der Waals surface area contributed by atoms with Gasteiger partial charge >= 0.3 is 5.97 Å². The molecule has 0 aromatic carbocycles. The standard InChI is InChI=1S/C9H15NO4/c11-4-2-1-3-10-6-7(9(13)14)5-8(10)12/h7,11H,1-6H2,(H,13,14). The third-order valence-corrected chi connectivity index (χ3v) is 2.40. The number of aliphatic carboxylic acids is 1. The van der Waals surface area contributed by atoms with E-state index in [1.807, 2.05) is 0 Å². The molecule has 1 saturated heterocycles. The number of carboxylic acids is 1. The molecule has 14 heavy (non-hydrogen) atoms. The van der Waals surface area contributed by atoms with Gasteiger partial charge in [-0.2, -0.15) is 0 Å². The first kappa shape index (κ1) is 11.0. The van der Waals surface area contributed by atoms with Gasteiger partial charge in [0.05, 0.1) is 5.92 Å². The average Bonchev–Trinajstić information content (AvgIpc) is 2.49. The Balaban J connectivity index is 2.33. The summed E-state index contributed by atoms with van der Waals surface area (Å²) in [6.45, 7) is 0.993. The Bertz CT molecular complexity index is 229. The van der Waals surface area contributed by atoms with Crippen molar-refractivity contribution in [2.45, 2.75) is 19.3 Å². The van der Waals surface area contributed by atoms with Gasteiger partial charge in [-0.15, -0.1) is 0 Å². The fourth-order valence-corrected chi connectivity index (χ4v) is 1.57. The molecule has 80 valence electrons. The number of hydrogen-bond acceptors (Lipinski definition) is 3. The van der Waals surface area contributed by atoms with Crippen LogP contribution in [-0.4, -0.2) is 46.7 Å². The molecule has 0 aliphatic carbocycles. The molecule has 1 aliphatic heterocycles. The van der Waals surface area contributed by atoms with Crippen molar-refractivity contribution in [1.29, 1.82) is 0 Å². The van der Waals surface area contributed by atoms with Crippen molar-refractivity contribution in [3.05, 3.63) is 0 Å². The van der Waals surface area contributed by atoms with Crippen LogP contribution in [0.25, 0.3) is 0 Å². The number of likely N-dealkylation sites (tertiary alicyclic amines) is 1. The fourth-order valence-electron chi connectivity index (χ4n) is 1.57. The highest BCUT2D eigenvalue weighted by atomic mass is 16.4. The van der Waals surface area contributed by atoms with E-state index in [1.165, 1.54) is 0 Å². The third kappa shape index (κ3) is 2.70. The van der Waals surface area contributed by atoms with Crippen LogP contribution in [0.1, 0.15) is 19.3 Å². The lowest BCUT2D eigenvalue weighted by atomic mass is 10.1. The van der Waals surface area contributed by atoms with E-state index in [9.17, 15) is 9.59 Å². The van der Waals surface area contributed by atoms with Crippen LogP contribution in [0.2, 0.25) is 0 Å². The molecule has 1 rings (SSSR count). The van der Waals surface area contributed by atoms with Crippen molar-refractivity contribution in [2.24, 2.45) is 5.92 Å². The average molecular weight is 201 g/mol. The van der Waals surface area contributed by atoms with Gasteiger partial charge in [0.2, 0.25) is 5.91 Å². The lowest BCUT2D eigenvalue weighted by molar-refractivity contribution is -0.141. The minimum absolute atomic E-state index is 0.0876. The second-order valence-corrected chi connectivity index (χ2v) is 3.51. The molecule has 1 fully saturated rings. The summed E-state index contributed by atoms with van der Waals surface area (Å²) in [7, 11) is 0. The second-order valence-electron chi connectivity index (χ2n) is 3.51. The molecule has 0 spiro atoms. The number of carbonyl (C=O) groups excluding carboxylic acids is 1. The quantitative estimate of drug-likeness (QED) is 0.598. The number of hydrogen-bond donors (Lipinski definition) is 2. The van der Waals surface area contributed by atoms with E-state index in [0.29, 0.717) is 19.5 Å². The zero-order valence-corrected chi connectivity index (χ0v) is 7.98. The fraction of sp³-hybridized carbons (Fsp3) is 0.778. The van der Waals surface area contributed by atoms with Crippen LogP contribution in [0.15, 0.2) is 0 Å². The monoisotopic (exact) mass is 201 g/mol. The largest absolute Gasteiger partial charge is 0.481 e. The van der Waals surface area contributed by atoms with Gasteiger partial charge in [0, 0.05) is 26.1 Å². The Hall–Kier alpha value is -1.10. The Morgan fingerprint density at radius 1 is 1.50 bits per heavy atom. The molecule has 0 aromatic rings. The maximum absolute atomic E-state index is 11.3. The first-order valence-corrected chi connectivity index (χ1v) is 4.76. The molecule has 2 N–H and O–H groups in total. The minimum Gasteiger partial charge on any atom is -0.481 e. The topological polar surface area (TPSA) is 77.8 Å². The maximum atomic E-state index is 11.3. The van der Waals surface area contributed by atoms with Crippen molar-refractivity contribution < 1.29 is 19.8 Å². The van der Waals surface area contributed by atoms with Crippen LogP contribution in [0.3, 0.4) is 0 Å². The predicted octanol–water partition coefficient (Wildman–Crippen LogP) is -0.308. The van der Waals surface area contributed by atoms with Crippen molar-refractivity contribution in [3.8, 4) is 0 Å². The summed E-state index contributed by atoms with van der Waals surface area (Å²) in [6, 6.07) is 0. The number of nitrogens with zero attached hydrogens (tertiary/aromatic N) is 1. The van der Waals surface area contributed by atoms with E-state index in [-0.39, 0.29) is 18.9 Å². The predicted molar refractivity (Wildman–Crippen MR) is 48.6 cm³/mol. The highest BCUT2D eigenvalue weighted by Crippen LogP contribution is 2.18. The number of amides is 1. The first-order valence-electron chi connectivity index (χ1n) is 4.76. The molecule has 0 aromatic heterocycles. The highest BCUT2D eigenvalue weighted by molar-refractivity contribution is 5.86. The molecule has 0 bridgehead atoms. The number of unbranched alkanes of at least 4 members (excludes halogenated alkanes) is 1. The molecule has 1 atom stereocenters.